The fourth-order valence-corrected chi connectivity index (χ4v) is 3.97. The summed E-state index contributed by atoms with van der Waals surface area (Å²) in [6, 6.07) is 7.95. The summed E-state index contributed by atoms with van der Waals surface area (Å²) in [7, 11) is 1.67. The lowest BCUT2D eigenvalue weighted by atomic mass is 9.96. The number of unbranched alkanes of at least 4 members (excludes halogenated alkanes) is 1. The van der Waals surface area contributed by atoms with E-state index in [1.54, 1.807) is 7.11 Å². The first-order valence-corrected chi connectivity index (χ1v) is 11.5. The third-order valence-corrected chi connectivity index (χ3v) is 5.73. The maximum absolute atomic E-state index is 12.2. The molecule has 0 saturated carbocycles. The van der Waals surface area contributed by atoms with Crippen LogP contribution in [0.4, 0.5) is 5.82 Å². The van der Waals surface area contributed by atoms with Crippen LogP contribution in [0.5, 0.6) is 5.75 Å². The van der Waals surface area contributed by atoms with E-state index in [2.05, 4.69) is 16.5 Å². The van der Waals surface area contributed by atoms with Gasteiger partial charge in [0.25, 0.3) is 0 Å². The number of carbonyl (C=O) groups excluding carboxylic acids is 1. The fourth-order valence-electron chi connectivity index (χ4n) is 3.60. The molecule has 1 aliphatic rings. The lowest BCUT2D eigenvalue weighted by Crippen LogP contribution is -2.39. The lowest BCUT2D eigenvalue weighted by Gasteiger charge is -2.33. The highest BCUT2D eigenvalue weighted by atomic mass is 32.2. The van der Waals surface area contributed by atoms with Gasteiger partial charge in [-0.15, -0.1) is 0 Å². The Morgan fingerprint density at radius 1 is 1.28 bits per heavy atom. The second kappa shape index (κ2) is 10.5. The molecule has 1 N–H and O–H groups in total. The first-order chi connectivity index (χ1) is 14.2. The zero-order valence-corrected chi connectivity index (χ0v) is 18.3. The molecule has 0 radical (unpaired) electrons. The Morgan fingerprint density at radius 3 is 2.62 bits per heavy atom. The largest absolute Gasteiger partial charge is 0.497 e. The molecule has 2 aromatic rings. The van der Waals surface area contributed by atoms with E-state index >= 15 is 0 Å². The zero-order valence-electron chi connectivity index (χ0n) is 17.5. The Bertz CT molecular complexity index is 805. The van der Waals surface area contributed by atoms with E-state index in [4.69, 9.17) is 14.7 Å². The van der Waals surface area contributed by atoms with Gasteiger partial charge in [0, 0.05) is 37.0 Å². The fraction of sp³-hybridized carbons (Fsp3) is 0.500. The molecule has 1 saturated heterocycles. The molecule has 0 atom stereocenters. The predicted octanol–water partition coefficient (Wildman–Crippen LogP) is 4.11. The highest BCUT2D eigenvalue weighted by Crippen LogP contribution is 2.31. The summed E-state index contributed by atoms with van der Waals surface area (Å²) in [5.41, 5.74) is 2.94. The van der Waals surface area contributed by atoms with Crippen molar-refractivity contribution in [2.45, 2.75) is 39.0 Å². The monoisotopic (exact) mass is 414 g/mol. The highest BCUT2D eigenvalue weighted by molar-refractivity contribution is 7.97. The van der Waals surface area contributed by atoms with Crippen LogP contribution in [0.15, 0.2) is 30.5 Å². The minimum absolute atomic E-state index is 0.0689. The summed E-state index contributed by atoms with van der Waals surface area (Å²) in [4.78, 5) is 24.2. The van der Waals surface area contributed by atoms with Crippen molar-refractivity contribution in [1.82, 2.24) is 14.7 Å². The Kier molecular flexibility index (Phi) is 7.75. The number of hydrogen-bond acceptors (Lipinski definition) is 6. The van der Waals surface area contributed by atoms with Crippen molar-refractivity contribution >= 4 is 23.7 Å². The van der Waals surface area contributed by atoms with Gasteiger partial charge in [-0.05, 0) is 49.9 Å². The van der Waals surface area contributed by atoms with E-state index < -0.39 is 0 Å². The molecule has 156 valence electrons. The van der Waals surface area contributed by atoms with Crippen molar-refractivity contribution in [1.29, 1.82) is 0 Å². The number of anilines is 1. The second-order valence-corrected chi connectivity index (χ2v) is 7.91. The summed E-state index contributed by atoms with van der Waals surface area (Å²) in [5, 5.41) is 0. The van der Waals surface area contributed by atoms with Crippen LogP contribution < -0.4 is 14.4 Å². The molecule has 0 unspecified atom stereocenters. The Balaban J connectivity index is 1.85. The van der Waals surface area contributed by atoms with Crippen LogP contribution in [0.1, 0.15) is 38.3 Å². The number of rotatable bonds is 8. The topological polar surface area (TPSA) is 67.3 Å². The summed E-state index contributed by atoms with van der Waals surface area (Å²) in [5.74, 6) is 1.95. The second-order valence-electron chi connectivity index (χ2n) is 7.30. The minimum Gasteiger partial charge on any atom is -0.497 e. The van der Waals surface area contributed by atoms with E-state index in [-0.39, 0.29) is 11.8 Å². The molecule has 1 aliphatic heterocycles. The van der Waals surface area contributed by atoms with Crippen molar-refractivity contribution in [3.05, 3.63) is 36.2 Å². The molecule has 1 amide bonds. The first-order valence-electron chi connectivity index (χ1n) is 10.2. The van der Waals surface area contributed by atoms with Gasteiger partial charge in [0.2, 0.25) is 5.91 Å². The van der Waals surface area contributed by atoms with E-state index in [1.807, 2.05) is 36.7 Å². The molecule has 1 aromatic heterocycles. The van der Waals surface area contributed by atoms with Crippen molar-refractivity contribution in [3.8, 4) is 17.0 Å². The average Bonchev–Trinajstić information content (AvgIpc) is 2.78. The van der Waals surface area contributed by atoms with Gasteiger partial charge >= 0.3 is 0 Å². The molecule has 2 heterocycles. The molecule has 6 nitrogen and oxygen atoms in total. The van der Waals surface area contributed by atoms with Gasteiger partial charge in [0.05, 0.1) is 12.8 Å². The SMILES string of the molecule is CCCCc1cnc(-c2ccc(OC)cc2)c(N2CCC(C(=O)NSC)CC2)n1. The quantitative estimate of drug-likeness (QED) is 0.656. The molecular weight excluding hydrogens is 384 g/mol. The molecule has 7 heteroatoms. The number of amides is 1. The number of benzene rings is 1. The molecular formula is C22H30N4O2S. The number of aryl methyl sites for hydroxylation is 1. The zero-order chi connectivity index (χ0) is 20.6. The Morgan fingerprint density at radius 2 is 2.00 bits per heavy atom. The number of piperidine rings is 1. The number of nitrogens with one attached hydrogen (secondary N) is 1. The number of ether oxygens (including phenoxy) is 1. The predicted molar refractivity (Wildman–Crippen MR) is 119 cm³/mol. The van der Waals surface area contributed by atoms with E-state index in [1.165, 1.54) is 11.9 Å². The highest BCUT2D eigenvalue weighted by Gasteiger charge is 2.27. The van der Waals surface area contributed by atoms with E-state index in [9.17, 15) is 4.79 Å². The molecule has 0 spiro atoms. The van der Waals surface area contributed by atoms with Gasteiger partial charge in [-0.2, -0.15) is 0 Å². The van der Waals surface area contributed by atoms with Gasteiger partial charge in [-0.3, -0.25) is 9.78 Å². The number of hydrogen-bond donors (Lipinski definition) is 1. The van der Waals surface area contributed by atoms with Crippen molar-refractivity contribution in [3.63, 3.8) is 0 Å². The molecule has 1 aromatic carbocycles. The Hall–Kier alpha value is -2.28. The molecule has 1 fully saturated rings. The summed E-state index contributed by atoms with van der Waals surface area (Å²) < 4.78 is 8.15. The van der Waals surface area contributed by atoms with Gasteiger partial charge in [-0.1, -0.05) is 25.3 Å². The standard InChI is InChI=1S/C22H30N4O2S/c1-4-5-6-18-15-23-20(16-7-9-19(28-2)10-8-16)21(24-18)26-13-11-17(12-14-26)22(27)25-29-3/h7-10,15,17H,4-6,11-14H2,1-3H3,(H,25,27). The van der Waals surface area contributed by atoms with Crippen LogP contribution >= 0.6 is 11.9 Å². The third-order valence-electron chi connectivity index (χ3n) is 5.32. The minimum atomic E-state index is 0.0689. The first kappa shape index (κ1) is 21.4. The van der Waals surface area contributed by atoms with Crippen LogP contribution in [-0.4, -0.2) is 42.3 Å². The summed E-state index contributed by atoms with van der Waals surface area (Å²) in [6.07, 6.45) is 8.61. The van der Waals surface area contributed by atoms with Crippen LogP contribution in [0.2, 0.25) is 0 Å². The van der Waals surface area contributed by atoms with Gasteiger partial charge in [0.1, 0.15) is 11.4 Å². The van der Waals surface area contributed by atoms with Crippen LogP contribution in [-0.2, 0) is 11.2 Å². The van der Waals surface area contributed by atoms with Crippen LogP contribution in [0, 0.1) is 5.92 Å². The van der Waals surface area contributed by atoms with E-state index in [0.717, 1.165) is 73.7 Å². The summed E-state index contributed by atoms with van der Waals surface area (Å²) in [6.45, 7) is 3.80. The van der Waals surface area contributed by atoms with Gasteiger partial charge in [0.15, 0.2) is 5.82 Å². The normalized spacial score (nSPS) is 14.7. The Labute approximate surface area is 177 Å². The van der Waals surface area contributed by atoms with Gasteiger partial charge < -0.3 is 14.4 Å². The number of nitrogens with zero attached hydrogens (tertiary/aromatic N) is 3. The maximum Gasteiger partial charge on any atom is 0.233 e. The van der Waals surface area contributed by atoms with Crippen molar-refractivity contribution in [2.24, 2.45) is 5.92 Å². The van der Waals surface area contributed by atoms with Crippen molar-refractivity contribution in [2.75, 3.05) is 31.4 Å². The number of aromatic nitrogens is 2. The van der Waals surface area contributed by atoms with E-state index in [0.29, 0.717) is 0 Å². The molecule has 29 heavy (non-hydrogen) atoms. The molecule has 0 aliphatic carbocycles. The molecule has 0 bridgehead atoms. The average molecular weight is 415 g/mol. The smallest absolute Gasteiger partial charge is 0.233 e. The third kappa shape index (κ3) is 5.41. The molecule has 3 rings (SSSR count). The number of methoxy groups -OCH3 is 1. The lowest BCUT2D eigenvalue weighted by molar-refractivity contribution is -0.123. The van der Waals surface area contributed by atoms with Crippen molar-refractivity contribution < 1.29 is 9.53 Å². The van der Waals surface area contributed by atoms with Gasteiger partial charge in [-0.25, -0.2) is 4.98 Å². The summed E-state index contributed by atoms with van der Waals surface area (Å²) >= 11 is 1.37. The van der Waals surface area contributed by atoms with Crippen LogP contribution in [0.25, 0.3) is 11.3 Å². The maximum atomic E-state index is 12.2. The van der Waals surface area contributed by atoms with Crippen LogP contribution in [0.3, 0.4) is 0 Å². The number of carbonyl (C=O) groups is 1.